The van der Waals surface area contributed by atoms with Crippen LogP contribution < -0.4 is 9.46 Å². The molecule has 1 fully saturated rings. The third-order valence-electron chi connectivity index (χ3n) is 6.81. The molecule has 210 valence electrons. The van der Waals surface area contributed by atoms with Gasteiger partial charge in [0.25, 0.3) is 10.0 Å². The van der Waals surface area contributed by atoms with Crippen molar-refractivity contribution >= 4 is 33.0 Å². The summed E-state index contributed by atoms with van der Waals surface area (Å²) in [5, 5.41) is 9.77. The number of alkyl halides is 3. The molecule has 0 unspecified atom stereocenters. The van der Waals surface area contributed by atoms with Crippen LogP contribution in [0.15, 0.2) is 34.7 Å². The number of thiazole rings is 1. The first kappa shape index (κ1) is 28.7. The lowest BCUT2D eigenvalue weighted by Gasteiger charge is -2.31. The van der Waals surface area contributed by atoms with Crippen molar-refractivity contribution in [3.8, 4) is 16.3 Å². The summed E-state index contributed by atoms with van der Waals surface area (Å²) in [7, 11) is -3.26. The van der Waals surface area contributed by atoms with Crippen molar-refractivity contribution in [2.24, 2.45) is 5.92 Å². The maximum Gasteiger partial charge on any atom is 0.391 e. The van der Waals surface area contributed by atoms with Gasteiger partial charge in [-0.15, -0.1) is 11.3 Å². The number of carbonyl (C=O) groups is 1. The molecule has 39 heavy (non-hydrogen) atoms. The van der Waals surface area contributed by atoms with E-state index in [1.807, 2.05) is 0 Å². The molecule has 14 heteroatoms. The summed E-state index contributed by atoms with van der Waals surface area (Å²) >= 11 is 0.849. The Labute approximate surface area is 224 Å². The van der Waals surface area contributed by atoms with Crippen LogP contribution in [0.3, 0.4) is 0 Å². The molecule has 4 rings (SSSR count). The number of benzene rings is 2. The highest BCUT2D eigenvalue weighted by atomic mass is 32.2. The van der Waals surface area contributed by atoms with Crippen LogP contribution in [-0.2, 0) is 10.0 Å². The van der Waals surface area contributed by atoms with Crippen LogP contribution in [0, 0.1) is 24.5 Å². The van der Waals surface area contributed by atoms with E-state index in [-0.39, 0.29) is 59.2 Å². The third kappa shape index (κ3) is 5.86. The molecular weight excluding hydrogens is 567 g/mol. The van der Waals surface area contributed by atoms with Gasteiger partial charge in [-0.05, 0) is 61.8 Å². The van der Waals surface area contributed by atoms with Gasteiger partial charge in [0.1, 0.15) is 22.4 Å². The standard InChI is InChI=1S/C25H23F5N2O5S2/c1-12-15(13-3-5-14(6-4-13)25(28,29)30)7-8-16(22(12)27)23-31-21(11-38-23)39(35,36)32-19-10-18(26)17(24(33)34)9-20(19)37-2/h7-11,13-14,32H,3-6H2,1-2H3,(H,33,34). The van der Waals surface area contributed by atoms with E-state index in [2.05, 4.69) is 9.71 Å². The molecule has 1 aliphatic carbocycles. The monoisotopic (exact) mass is 590 g/mol. The molecule has 1 aliphatic rings. The van der Waals surface area contributed by atoms with Crippen molar-refractivity contribution in [2.75, 3.05) is 11.8 Å². The second-order valence-corrected chi connectivity index (χ2v) is 11.7. The van der Waals surface area contributed by atoms with Gasteiger partial charge in [-0.2, -0.15) is 21.6 Å². The van der Waals surface area contributed by atoms with Gasteiger partial charge in [-0.3, -0.25) is 4.72 Å². The van der Waals surface area contributed by atoms with E-state index in [0.717, 1.165) is 29.9 Å². The highest BCUT2D eigenvalue weighted by molar-refractivity contribution is 7.92. The number of aromatic nitrogens is 1. The highest BCUT2D eigenvalue weighted by Gasteiger charge is 2.41. The predicted octanol–water partition coefficient (Wildman–Crippen LogP) is 6.74. The summed E-state index contributed by atoms with van der Waals surface area (Å²) in [6, 6.07) is 4.56. The number of sulfonamides is 1. The zero-order valence-corrected chi connectivity index (χ0v) is 22.2. The van der Waals surface area contributed by atoms with Gasteiger partial charge in [-0.25, -0.2) is 18.6 Å². The summed E-state index contributed by atoms with van der Waals surface area (Å²) in [4.78, 5) is 15.2. The Morgan fingerprint density at radius 3 is 2.41 bits per heavy atom. The van der Waals surface area contributed by atoms with Gasteiger partial charge >= 0.3 is 12.1 Å². The number of methoxy groups -OCH3 is 1. The van der Waals surface area contributed by atoms with E-state index in [0.29, 0.717) is 11.6 Å². The van der Waals surface area contributed by atoms with Crippen molar-refractivity contribution in [3.63, 3.8) is 0 Å². The lowest BCUT2D eigenvalue weighted by Crippen LogP contribution is -2.27. The summed E-state index contributed by atoms with van der Waals surface area (Å²) < 4.78 is 101. The number of anilines is 1. The van der Waals surface area contributed by atoms with Crippen molar-refractivity contribution in [3.05, 3.63) is 58.0 Å². The fourth-order valence-corrected chi connectivity index (χ4v) is 6.88. The molecule has 2 aromatic carbocycles. The number of ether oxygens (including phenoxy) is 1. The first-order valence-electron chi connectivity index (χ1n) is 11.7. The van der Waals surface area contributed by atoms with Crippen LogP contribution in [0.4, 0.5) is 27.6 Å². The summed E-state index contributed by atoms with van der Waals surface area (Å²) in [5.41, 5.74) is -0.169. The fourth-order valence-electron chi connectivity index (χ4n) is 4.71. The number of nitrogens with zero attached hydrogens (tertiary/aromatic N) is 1. The van der Waals surface area contributed by atoms with Crippen molar-refractivity contribution in [1.29, 1.82) is 0 Å². The van der Waals surface area contributed by atoms with E-state index < -0.39 is 50.3 Å². The first-order valence-corrected chi connectivity index (χ1v) is 14.0. The Morgan fingerprint density at radius 1 is 1.15 bits per heavy atom. The largest absolute Gasteiger partial charge is 0.495 e. The average Bonchev–Trinajstić information content (AvgIpc) is 3.36. The molecule has 0 saturated heterocycles. The summed E-state index contributed by atoms with van der Waals surface area (Å²) in [6.45, 7) is 1.53. The highest BCUT2D eigenvalue weighted by Crippen LogP contribution is 2.44. The maximum absolute atomic E-state index is 15.4. The Bertz CT molecular complexity index is 1510. The molecule has 1 aromatic heterocycles. The zero-order chi connectivity index (χ0) is 28.7. The second-order valence-electron chi connectivity index (χ2n) is 9.17. The Hall–Kier alpha value is -3.26. The molecule has 0 bridgehead atoms. The van der Waals surface area contributed by atoms with Crippen LogP contribution in [0.2, 0.25) is 0 Å². The molecule has 0 amide bonds. The Balaban J connectivity index is 1.57. The summed E-state index contributed by atoms with van der Waals surface area (Å²) in [6.07, 6.45) is -3.72. The number of halogens is 5. The Morgan fingerprint density at radius 2 is 1.82 bits per heavy atom. The minimum atomic E-state index is -4.41. The Kier molecular flexibility index (Phi) is 7.90. The van der Waals surface area contributed by atoms with Gasteiger partial charge in [0.05, 0.1) is 24.3 Å². The molecule has 0 atom stereocenters. The lowest BCUT2D eigenvalue weighted by molar-refractivity contribution is -0.182. The summed E-state index contributed by atoms with van der Waals surface area (Å²) in [5.74, 6) is -5.22. The molecular formula is C25H23F5N2O5S2. The van der Waals surface area contributed by atoms with Gasteiger partial charge in [-0.1, -0.05) is 6.07 Å². The molecule has 1 heterocycles. The molecule has 0 spiro atoms. The number of hydrogen-bond acceptors (Lipinski definition) is 6. The molecule has 7 nitrogen and oxygen atoms in total. The predicted molar refractivity (Wildman–Crippen MR) is 134 cm³/mol. The fraction of sp³-hybridized carbons (Fsp3) is 0.360. The van der Waals surface area contributed by atoms with Crippen molar-refractivity contribution in [2.45, 2.75) is 49.7 Å². The van der Waals surface area contributed by atoms with Crippen molar-refractivity contribution < 1.29 is 45.0 Å². The van der Waals surface area contributed by atoms with E-state index in [9.17, 15) is 30.8 Å². The van der Waals surface area contributed by atoms with E-state index in [4.69, 9.17) is 9.84 Å². The molecule has 3 aromatic rings. The zero-order valence-electron chi connectivity index (χ0n) is 20.6. The number of rotatable bonds is 7. The topological polar surface area (TPSA) is 106 Å². The number of carboxylic acid groups (broad SMARTS) is 1. The van der Waals surface area contributed by atoms with Crippen LogP contribution >= 0.6 is 11.3 Å². The van der Waals surface area contributed by atoms with E-state index in [1.54, 1.807) is 6.07 Å². The molecule has 1 saturated carbocycles. The van der Waals surface area contributed by atoms with Crippen LogP contribution in [-0.4, -0.2) is 37.8 Å². The van der Waals surface area contributed by atoms with Crippen LogP contribution in [0.1, 0.15) is 53.1 Å². The van der Waals surface area contributed by atoms with Crippen molar-refractivity contribution in [1.82, 2.24) is 4.98 Å². The van der Waals surface area contributed by atoms with Gasteiger partial charge < -0.3 is 9.84 Å². The maximum atomic E-state index is 15.4. The first-order chi connectivity index (χ1) is 18.2. The minimum absolute atomic E-state index is 0.0224. The van der Waals surface area contributed by atoms with Gasteiger partial charge in [0.2, 0.25) is 0 Å². The third-order valence-corrected chi connectivity index (χ3v) is 9.08. The number of aromatic carboxylic acids is 1. The number of nitrogens with one attached hydrogen (secondary N) is 1. The number of hydrogen-bond donors (Lipinski definition) is 2. The molecule has 0 aliphatic heterocycles. The second kappa shape index (κ2) is 10.7. The SMILES string of the molecule is COc1cc(C(=O)O)c(F)cc1NS(=O)(=O)c1csc(-c2ccc(C3CCC(C(F)(F)F)CC3)c(C)c2F)n1. The molecule has 0 radical (unpaired) electrons. The molecule has 2 N–H and O–H groups in total. The minimum Gasteiger partial charge on any atom is -0.495 e. The quantitative estimate of drug-likeness (QED) is 0.295. The van der Waals surface area contributed by atoms with E-state index in [1.165, 1.54) is 13.0 Å². The normalized spacial score (nSPS) is 18.1. The lowest BCUT2D eigenvalue weighted by atomic mass is 9.77. The average molecular weight is 591 g/mol. The van der Waals surface area contributed by atoms with E-state index >= 15 is 4.39 Å². The van der Waals surface area contributed by atoms with Gasteiger partial charge in [0.15, 0.2) is 5.03 Å². The number of carboxylic acids is 1. The van der Waals surface area contributed by atoms with Gasteiger partial charge in [0, 0.05) is 17.0 Å². The smallest absolute Gasteiger partial charge is 0.391 e. The van der Waals surface area contributed by atoms with Crippen LogP contribution in [0.25, 0.3) is 10.6 Å². The van der Waals surface area contributed by atoms with Crippen LogP contribution in [0.5, 0.6) is 5.75 Å².